The third-order valence-electron chi connectivity index (χ3n) is 2.55. The first kappa shape index (κ1) is 14.1. The quantitative estimate of drug-likeness (QED) is 0.827. The van der Waals surface area contributed by atoms with E-state index in [2.05, 4.69) is 9.71 Å². The summed E-state index contributed by atoms with van der Waals surface area (Å²) in [6.45, 7) is 5.38. The number of pyridine rings is 1. The maximum absolute atomic E-state index is 12.0. The number of nitrogens with one attached hydrogen (secondary N) is 1. The fourth-order valence-electron chi connectivity index (χ4n) is 1.15. The summed E-state index contributed by atoms with van der Waals surface area (Å²) in [5, 5.41) is 8.82. The molecule has 0 aromatic carbocycles. The highest BCUT2D eigenvalue weighted by molar-refractivity contribution is 7.89. The Bertz CT molecular complexity index is 466. The van der Waals surface area contributed by atoms with E-state index < -0.39 is 15.6 Å². The highest BCUT2D eigenvalue weighted by atomic mass is 32.2. The van der Waals surface area contributed by atoms with Gasteiger partial charge in [-0.05, 0) is 31.9 Å². The lowest BCUT2D eigenvalue weighted by molar-refractivity contribution is 0.281. The molecule has 0 saturated heterocycles. The number of rotatable bonds is 5. The van der Waals surface area contributed by atoms with Crippen LogP contribution in [0.15, 0.2) is 23.4 Å². The number of aromatic nitrogens is 1. The second kappa shape index (κ2) is 5.12. The third kappa shape index (κ3) is 3.76. The van der Waals surface area contributed by atoms with Gasteiger partial charge in [-0.2, -0.15) is 0 Å². The number of hydrogen-bond donors (Lipinski definition) is 2. The van der Waals surface area contributed by atoms with E-state index in [-0.39, 0.29) is 11.6 Å². The maximum atomic E-state index is 12.0. The van der Waals surface area contributed by atoms with Gasteiger partial charge in [0.1, 0.15) is 0 Å². The zero-order valence-corrected chi connectivity index (χ0v) is 11.1. The Balaban J connectivity index is 2.97. The molecular formula is C11H18N2O3S. The van der Waals surface area contributed by atoms with Crippen LogP contribution in [0.5, 0.6) is 0 Å². The minimum atomic E-state index is -3.60. The second-order valence-corrected chi connectivity index (χ2v) is 6.14. The van der Waals surface area contributed by atoms with Crippen LogP contribution in [-0.2, 0) is 16.6 Å². The molecular weight excluding hydrogens is 240 g/mol. The van der Waals surface area contributed by atoms with Crippen molar-refractivity contribution >= 4 is 10.0 Å². The van der Waals surface area contributed by atoms with Crippen molar-refractivity contribution in [3.63, 3.8) is 0 Å². The summed E-state index contributed by atoms with van der Waals surface area (Å²) >= 11 is 0. The molecule has 1 aromatic heterocycles. The van der Waals surface area contributed by atoms with Crippen LogP contribution in [0, 0.1) is 0 Å². The first-order chi connectivity index (χ1) is 7.80. The predicted octanol–water partition coefficient (Wildman–Crippen LogP) is 1.04. The summed E-state index contributed by atoms with van der Waals surface area (Å²) in [5.41, 5.74) is 0.0783. The summed E-state index contributed by atoms with van der Waals surface area (Å²) < 4.78 is 26.5. The summed E-state index contributed by atoms with van der Waals surface area (Å²) in [6, 6.07) is 2.93. The van der Waals surface area contributed by atoms with Gasteiger partial charge in [0.05, 0.1) is 6.61 Å². The van der Waals surface area contributed by atoms with Gasteiger partial charge in [0, 0.05) is 11.7 Å². The van der Waals surface area contributed by atoms with Crippen molar-refractivity contribution in [1.82, 2.24) is 9.71 Å². The van der Waals surface area contributed by atoms with Crippen molar-refractivity contribution in [2.24, 2.45) is 0 Å². The fourth-order valence-corrected chi connectivity index (χ4v) is 2.57. The summed E-state index contributed by atoms with van der Waals surface area (Å²) in [5.74, 6) is 0. The summed E-state index contributed by atoms with van der Waals surface area (Å²) in [6.07, 6.45) is 2.04. The third-order valence-corrected chi connectivity index (χ3v) is 4.16. The Morgan fingerprint density at radius 1 is 1.41 bits per heavy atom. The molecule has 17 heavy (non-hydrogen) atoms. The summed E-state index contributed by atoms with van der Waals surface area (Å²) in [7, 11) is -3.60. The first-order valence-corrected chi connectivity index (χ1v) is 6.89. The van der Waals surface area contributed by atoms with E-state index in [0.29, 0.717) is 12.0 Å². The SMILES string of the molecule is CCC(C)(C)NS(=O)(=O)c1ccc(CO)cn1. The maximum Gasteiger partial charge on any atom is 0.258 e. The molecule has 1 aromatic rings. The Morgan fingerprint density at radius 3 is 2.47 bits per heavy atom. The number of sulfonamides is 1. The molecule has 2 N–H and O–H groups in total. The van der Waals surface area contributed by atoms with Gasteiger partial charge in [0.15, 0.2) is 5.03 Å². The van der Waals surface area contributed by atoms with Crippen LogP contribution in [0.4, 0.5) is 0 Å². The van der Waals surface area contributed by atoms with E-state index in [1.807, 2.05) is 20.8 Å². The number of hydrogen-bond acceptors (Lipinski definition) is 4. The Morgan fingerprint density at radius 2 is 2.06 bits per heavy atom. The second-order valence-electron chi connectivity index (χ2n) is 4.51. The van der Waals surface area contributed by atoms with Gasteiger partial charge in [0.2, 0.25) is 0 Å². The minimum Gasteiger partial charge on any atom is -0.392 e. The molecule has 5 nitrogen and oxygen atoms in total. The van der Waals surface area contributed by atoms with Crippen molar-refractivity contribution < 1.29 is 13.5 Å². The lowest BCUT2D eigenvalue weighted by Gasteiger charge is -2.23. The van der Waals surface area contributed by atoms with Crippen LogP contribution in [0.3, 0.4) is 0 Å². The van der Waals surface area contributed by atoms with E-state index in [9.17, 15) is 8.42 Å². The van der Waals surface area contributed by atoms with Gasteiger partial charge in [-0.25, -0.2) is 18.1 Å². The van der Waals surface area contributed by atoms with Gasteiger partial charge in [-0.1, -0.05) is 13.0 Å². The molecule has 0 atom stereocenters. The van der Waals surface area contributed by atoms with Crippen LogP contribution < -0.4 is 4.72 Å². The zero-order chi connectivity index (χ0) is 13.1. The van der Waals surface area contributed by atoms with Crippen LogP contribution >= 0.6 is 0 Å². The van der Waals surface area contributed by atoms with E-state index >= 15 is 0 Å². The highest BCUT2D eigenvalue weighted by Gasteiger charge is 2.25. The average molecular weight is 258 g/mol. The number of aliphatic hydroxyl groups is 1. The average Bonchev–Trinajstić information content (AvgIpc) is 2.28. The molecule has 0 aliphatic heterocycles. The molecule has 0 aliphatic carbocycles. The highest BCUT2D eigenvalue weighted by Crippen LogP contribution is 2.14. The normalized spacial score (nSPS) is 12.7. The minimum absolute atomic E-state index is 0.0313. The lowest BCUT2D eigenvalue weighted by Crippen LogP contribution is -2.42. The molecule has 0 aliphatic rings. The Labute approximate surface area is 102 Å². The van der Waals surface area contributed by atoms with Crippen molar-refractivity contribution in [2.45, 2.75) is 44.4 Å². The Hall–Kier alpha value is -0.980. The van der Waals surface area contributed by atoms with Gasteiger partial charge in [-0.15, -0.1) is 0 Å². The van der Waals surface area contributed by atoms with Crippen LogP contribution in [0.2, 0.25) is 0 Å². The molecule has 0 spiro atoms. The molecule has 0 fully saturated rings. The molecule has 0 amide bonds. The van der Waals surface area contributed by atoms with Crippen molar-refractivity contribution in [2.75, 3.05) is 0 Å². The van der Waals surface area contributed by atoms with Crippen molar-refractivity contribution in [1.29, 1.82) is 0 Å². The van der Waals surface area contributed by atoms with Gasteiger partial charge in [0.25, 0.3) is 10.0 Å². The first-order valence-electron chi connectivity index (χ1n) is 5.40. The monoisotopic (exact) mass is 258 g/mol. The number of aliphatic hydroxyl groups excluding tert-OH is 1. The largest absolute Gasteiger partial charge is 0.392 e. The molecule has 96 valence electrons. The van der Waals surface area contributed by atoms with Crippen LogP contribution in [-0.4, -0.2) is 24.0 Å². The van der Waals surface area contributed by atoms with Gasteiger partial charge >= 0.3 is 0 Å². The predicted molar refractivity (Wildman–Crippen MR) is 64.9 cm³/mol. The number of nitrogens with zero attached hydrogens (tertiary/aromatic N) is 1. The fraction of sp³-hybridized carbons (Fsp3) is 0.545. The van der Waals surface area contributed by atoms with Crippen molar-refractivity contribution in [3.05, 3.63) is 23.9 Å². The van der Waals surface area contributed by atoms with Crippen LogP contribution in [0.25, 0.3) is 0 Å². The molecule has 0 saturated carbocycles. The van der Waals surface area contributed by atoms with E-state index in [1.54, 1.807) is 6.07 Å². The molecule has 1 heterocycles. The van der Waals surface area contributed by atoms with Gasteiger partial charge in [-0.3, -0.25) is 0 Å². The summed E-state index contributed by atoms with van der Waals surface area (Å²) in [4.78, 5) is 3.83. The van der Waals surface area contributed by atoms with Gasteiger partial charge < -0.3 is 5.11 Å². The Kier molecular flexibility index (Phi) is 4.24. The van der Waals surface area contributed by atoms with Crippen LogP contribution in [0.1, 0.15) is 32.8 Å². The lowest BCUT2D eigenvalue weighted by atomic mass is 10.0. The zero-order valence-electron chi connectivity index (χ0n) is 10.3. The standard InChI is InChI=1S/C11H18N2O3S/c1-4-11(2,3)13-17(15,16)10-6-5-9(8-14)7-12-10/h5-7,13-14H,4,8H2,1-3H3. The van der Waals surface area contributed by atoms with E-state index in [1.165, 1.54) is 12.3 Å². The van der Waals surface area contributed by atoms with E-state index in [4.69, 9.17) is 5.11 Å². The smallest absolute Gasteiger partial charge is 0.258 e. The molecule has 0 bridgehead atoms. The molecule has 0 unspecified atom stereocenters. The molecule has 1 rings (SSSR count). The molecule has 6 heteroatoms. The molecule has 0 radical (unpaired) electrons. The van der Waals surface area contributed by atoms with E-state index in [0.717, 1.165) is 0 Å². The van der Waals surface area contributed by atoms with Crippen molar-refractivity contribution in [3.8, 4) is 0 Å². The topological polar surface area (TPSA) is 79.3 Å².